The molecule has 0 unspecified atom stereocenters. The second-order valence-corrected chi connectivity index (χ2v) is 4.24. The van der Waals surface area contributed by atoms with E-state index in [0.29, 0.717) is 3.90 Å². The molecule has 0 aliphatic rings. The van der Waals surface area contributed by atoms with Gasteiger partial charge in [-0.25, -0.2) is 4.98 Å². The SMILES string of the molecule is Cc1oc(I)nc1-c1ccc(Cl)cc1. The van der Waals surface area contributed by atoms with Gasteiger partial charge in [0.05, 0.1) is 0 Å². The van der Waals surface area contributed by atoms with Crippen molar-refractivity contribution < 1.29 is 4.42 Å². The minimum Gasteiger partial charge on any atom is -0.437 e. The summed E-state index contributed by atoms with van der Waals surface area (Å²) in [5.74, 6) is 0.830. The average molecular weight is 320 g/mol. The maximum atomic E-state index is 5.80. The molecule has 0 fully saturated rings. The highest BCUT2D eigenvalue weighted by atomic mass is 127. The summed E-state index contributed by atoms with van der Waals surface area (Å²) in [5.41, 5.74) is 1.91. The van der Waals surface area contributed by atoms with Crippen molar-refractivity contribution in [2.45, 2.75) is 6.92 Å². The summed E-state index contributed by atoms with van der Waals surface area (Å²) in [4.78, 5) is 4.29. The van der Waals surface area contributed by atoms with Gasteiger partial charge in [-0.15, -0.1) is 0 Å². The van der Waals surface area contributed by atoms with Crippen molar-refractivity contribution in [1.29, 1.82) is 0 Å². The molecule has 0 spiro atoms. The summed E-state index contributed by atoms with van der Waals surface area (Å²) < 4.78 is 6.00. The van der Waals surface area contributed by atoms with E-state index in [-0.39, 0.29) is 0 Å². The highest BCUT2D eigenvalue weighted by molar-refractivity contribution is 14.1. The number of aromatic nitrogens is 1. The fourth-order valence-corrected chi connectivity index (χ4v) is 1.94. The zero-order valence-electron chi connectivity index (χ0n) is 7.42. The molecular weight excluding hydrogens is 312 g/mol. The number of oxazole rings is 1. The maximum absolute atomic E-state index is 5.80. The third-order valence-electron chi connectivity index (χ3n) is 1.89. The van der Waals surface area contributed by atoms with Gasteiger partial charge in [0.25, 0.3) is 3.90 Å². The average Bonchev–Trinajstić information content (AvgIpc) is 2.47. The van der Waals surface area contributed by atoms with Crippen LogP contribution in [0.1, 0.15) is 5.76 Å². The lowest BCUT2D eigenvalue weighted by Gasteiger charge is -1.96. The first-order chi connectivity index (χ1) is 6.66. The molecule has 4 heteroatoms. The first-order valence-corrected chi connectivity index (χ1v) is 5.51. The van der Waals surface area contributed by atoms with Crippen molar-refractivity contribution in [3.8, 4) is 11.3 Å². The predicted octanol–water partition coefficient (Wildman–Crippen LogP) is 3.91. The standard InChI is InChI=1S/C10H7ClINO/c1-6-9(13-10(12)14-6)7-2-4-8(11)5-3-7/h2-5H,1H3. The van der Waals surface area contributed by atoms with Crippen LogP contribution < -0.4 is 0 Å². The maximum Gasteiger partial charge on any atom is 0.257 e. The molecule has 1 aromatic carbocycles. The molecule has 0 N–H and O–H groups in total. The molecule has 2 nitrogen and oxygen atoms in total. The number of benzene rings is 1. The van der Waals surface area contributed by atoms with E-state index in [1.54, 1.807) is 0 Å². The molecule has 0 radical (unpaired) electrons. The molecule has 0 aliphatic carbocycles. The van der Waals surface area contributed by atoms with Crippen LogP contribution in [0.5, 0.6) is 0 Å². The van der Waals surface area contributed by atoms with Gasteiger partial charge in [-0.3, -0.25) is 0 Å². The summed E-state index contributed by atoms with van der Waals surface area (Å²) in [7, 11) is 0. The molecule has 14 heavy (non-hydrogen) atoms. The summed E-state index contributed by atoms with van der Waals surface area (Å²) in [6, 6.07) is 7.56. The summed E-state index contributed by atoms with van der Waals surface area (Å²) in [5, 5.41) is 0.726. The zero-order valence-corrected chi connectivity index (χ0v) is 10.3. The van der Waals surface area contributed by atoms with Crippen molar-refractivity contribution in [3.63, 3.8) is 0 Å². The third-order valence-corrected chi connectivity index (χ3v) is 2.60. The molecule has 72 valence electrons. The molecule has 0 bridgehead atoms. The summed E-state index contributed by atoms with van der Waals surface area (Å²) >= 11 is 7.85. The van der Waals surface area contributed by atoms with E-state index in [1.165, 1.54) is 0 Å². The Kier molecular flexibility index (Phi) is 2.78. The van der Waals surface area contributed by atoms with Crippen LogP contribution in [-0.4, -0.2) is 4.98 Å². The van der Waals surface area contributed by atoms with Crippen LogP contribution in [0.4, 0.5) is 0 Å². The van der Waals surface area contributed by atoms with Crippen LogP contribution in [0.3, 0.4) is 0 Å². The lowest BCUT2D eigenvalue weighted by molar-refractivity contribution is 0.497. The van der Waals surface area contributed by atoms with Crippen LogP contribution in [-0.2, 0) is 0 Å². The first kappa shape index (κ1) is 9.98. The quantitative estimate of drug-likeness (QED) is 0.745. The Morgan fingerprint density at radius 3 is 2.43 bits per heavy atom. The Labute approximate surface area is 100 Å². The predicted molar refractivity (Wildman–Crippen MR) is 64.4 cm³/mol. The van der Waals surface area contributed by atoms with Crippen molar-refractivity contribution >= 4 is 34.2 Å². The third kappa shape index (κ3) is 1.93. The Morgan fingerprint density at radius 2 is 1.93 bits per heavy atom. The van der Waals surface area contributed by atoms with Gasteiger partial charge in [-0.2, -0.15) is 0 Å². The minimum absolute atomic E-state index is 0.657. The highest BCUT2D eigenvalue weighted by Gasteiger charge is 2.08. The fourth-order valence-electron chi connectivity index (χ4n) is 1.24. The van der Waals surface area contributed by atoms with Crippen LogP contribution in [0.15, 0.2) is 28.7 Å². The van der Waals surface area contributed by atoms with E-state index in [0.717, 1.165) is 22.0 Å². The Bertz CT molecular complexity index is 450. The van der Waals surface area contributed by atoms with Gasteiger partial charge in [-0.05, 0) is 19.1 Å². The van der Waals surface area contributed by atoms with Gasteiger partial charge in [0.15, 0.2) is 0 Å². The molecule has 2 rings (SSSR count). The van der Waals surface area contributed by atoms with E-state index < -0.39 is 0 Å². The largest absolute Gasteiger partial charge is 0.437 e. The smallest absolute Gasteiger partial charge is 0.257 e. The number of hydrogen-bond acceptors (Lipinski definition) is 2. The topological polar surface area (TPSA) is 26.0 Å². The van der Waals surface area contributed by atoms with Gasteiger partial charge >= 0.3 is 0 Å². The van der Waals surface area contributed by atoms with Gasteiger partial charge in [0.2, 0.25) is 0 Å². The second-order valence-electron chi connectivity index (χ2n) is 2.88. The summed E-state index contributed by atoms with van der Waals surface area (Å²) in [6.07, 6.45) is 0. The normalized spacial score (nSPS) is 10.5. The van der Waals surface area contributed by atoms with Crippen molar-refractivity contribution in [2.24, 2.45) is 0 Å². The van der Waals surface area contributed by atoms with Gasteiger partial charge in [0, 0.05) is 33.2 Å². The van der Waals surface area contributed by atoms with Crippen molar-refractivity contribution in [3.05, 3.63) is 38.9 Å². The molecule has 0 saturated carbocycles. The number of hydrogen-bond donors (Lipinski definition) is 0. The molecule has 0 atom stereocenters. The van der Waals surface area contributed by atoms with Crippen LogP contribution in [0.2, 0.25) is 5.02 Å². The number of rotatable bonds is 1. The minimum atomic E-state index is 0.657. The monoisotopic (exact) mass is 319 g/mol. The molecule has 0 saturated heterocycles. The molecule has 1 aromatic heterocycles. The van der Waals surface area contributed by atoms with Crippen molar-refractivity contribution in [2.75, 3.05) is 0 Å². The fraction of sp³-hybridized carbons (Fsp3) is 0.100. The van der Waals surface area contributed by atoms with Gasteiger partial charge in [-0.1, -0.05) is 23.7 Å². The van der Waals surface area contributed by atoms with Gasteiger partial charge in [0.1, 0.15) is 11.5 Å². The first-order valence-electron chi connectivity index (χ1n) is 4.05. The van der Waals surface area contributed by atoms with Crippen LogP contribution in [0, 0.1) is 10.8 Å². The van der Waals surface area contributed by atoms with E-state index in [9.17, 15) is 0 Å². The second kappa shape index (κ2) is 3.90. The zero-order chi connectivity index (χ0) is 10.1. The molecule has 0 amide bonds. The van der Waals surface area contributed by atoms with Gasteiger partial charge < -0.3 is 4.42 Å². The molecule has 2 aromatic rings. The van der Waals surface area contributed by atoms with Crippen LogP contribution in [0.25, 0.3) is 11.3 Å². The lowest BCUT2D eigenvalue weighted by Crippen LogP contribution is -1.79. The Hall–Kier alpha value is -0.550. The molecular formula is C10H7ClINO. The summed E-state index contributed by atoms with van der Waals surface area (Å²) in [6.45, 7) is 1.90. The lowest BCUT2D eigenvalue weighted by atomic mass is 10.1. The van der Waals surface area contributed by atoms with E-state index in [4.69, 9.17) is 16.0 Å². The number of halogens is 2. The Morgan fingerprint density at radius 1 is 1.29 bits per heavy atom. The van der Waals surface area contributed by atoms with Crippen molar-refractivity contribution in [1.82, 2.24) is 4.98 Å². The Balaban J connectivity index is 2.49. The van der Waals surface area contributed by atoms with E-state index in [1.807, 2.05) is 31.2 Å². The van der Waals surface area contributed by atoms with E-state index >= 15 is 0 Å². The van der Waals surface area contributed by atoms with Crippen LogP contribution >= 0.6 is 34.2 Å². The van der Waals surface area contributed by atoms with E-state index in [2.05, 4.69) is 27.6 Å². The molecule has 0 aliphatic heterocycles. The highest BCUT2D eigenvalue weighted by Crippen LogP contribution is 2.25. The number of nitrogens with zero attached hydrogens (tertiary/aromatic N) is 1. The molecule has 1 heterocycles. The number of aryl methyl sites for hydroxylation is 1.